The van der Waals surface area contributed by atoms with E-state index in [9.17, 15) is 14.4 Å². The number of nitrogens with zero attached hydrogens (tertiary/aromatic N) is 1. The van der Waals surface area contributed by atoms with Gasteiger partial charge in [-0.15, -0.1) is 0 Å². The molecule has 0 unspecified atom stereocenters. The minimum atomic E-state index is -0.776. The predicted octanol–water partition coefficient (Wildman–Crippen LogP) is 2.31. The van der Waals surface area contributed by atoms with Gasteiger partial charge in [0.05, 0.1) is 12.2 Å². The summed E-state index contributed by atoms with van der Waals surface area (Å²) in [5, 5.41) is 11.7. The van der Waals surface area contributed by atoms with Crippen molar-refractivity contribution in [2.24, 2.45) is 5.92 Å². The van der Waals surface area contributed by atoms with Crippen molar-refractivity contribution in [3.63, 3.8) is 0 Å². The number of benzene rings is 1. The number of rotatable bonds is 9. The van der Waals surface area contributed by atoms with Crippen LogP contribution in [0.3, 0.4) is 0 Å². The largest absolute Gasteiger partial charge is 0.493 e. The number of carbonyl (C=O) groups is 3. The third kappa shape index (κ3) is 6.58. The number of hydrogen-bond donors (Lipinski definition) is 2. The summed E-state index contributed by atoms with van der Waals surface area (Å²) in [6.07, 6.45) is 2.59. The number of likely N-dealkylation sites (tertiary alicyclic amines) is 1. The molecule has 7 heteroatoms. The summed E-state index contributed by atoms with van der Waals surface area (Å²) in [5.41, 5.74) is 0.492. The van der Waals surface area contributed by atoms with Gasteiger partial charge in [-0.05, 0) is 44.2 Å². The van der Waals surface area contributed by atoms with Crippen molar-refractivity contribution in [3.05, 3.63) is 29.8 Å². The van der Waals surface area contributed by atoms with Gasteiger partial charge in [0.25, 0.3) is 5.91 Å². The van der Waals surface area contributed by atoms with Crippen LogP contribution >= 0.6 is 0 Å². The summed E-state index contributed by atoms with van der Waals surface area (Å²) in [5.74, 6) is -0.204. The highest BCUT2D eigenvalue weighted by atomic mass is 16.5. The van der Waals surface area contributed by atoms with Gasteiger partial charge in [0, 0.05) is 32.5 Å². The first-order valence-corrected chi connectivity index (χ1v) is 9.50. The van der Waals surface area contributed by atoms with Gasteiger partial charge in [-0.3, -0.25) is 14.4 Å². The molecule has 27 heavy (non-hydrogen) atoms. The van der Waals surface area contributed by atoms with Crippen molar-refractivity contribution in [2.75, 3.05) is 26.2 Å². The Labute approximate surface area is 159 Å². The topological polar surface area (TPSA) is 95.9 Å². The minimum absolute atomic E-state index is 0.0627. The SMILES string of the molecule is CCOc1ccccc1C(=O)NCCCC(=O)N1CCC(CC(=O)O)CC1. The Hall–Kier alpha value is -2.57. The van der Waals surface area contributed by atoms with E-state index in [1.165, 1.54) is 0 Å². The number of aliphatic carboxylic acids is 1. The van der Waals surface area contributed by atoms with Crippen molar-refractivity contribution in [3.8, 4) is 5.75 Å². The second kappa shape index (κ2) is 10.5. The number of carbonyl (C=O) groups excluding carboxylic acids is 2. The molecule has 1 heterocycles. The number of hydrogen-bond acceptors (Lipinski definition) is 4. The van der Waals surface area contributed by atoms with E-state index in [2.05, 4.69) is 5.32 Å². The summed E-state index contributed by atoms with van der Waals surface area (Å²) in [7, 11) is 0. The second-order valence-corrected chi connectivity index (χ2v) is 6.71. The molecule has 0 saturated carbocycles. The second-order valence-electron chi connectivity index (χ2n) is 6.71. The third-order valence-corrected chi connectivity index (χ3v) is 4.72. The molecule has 148 valence electrons. The van der Waals surface area contributed by atoms with Crippen LogP contribution in [0.2, 0.25) is 0 Å². The summed E-state index contributed by atoms with van der Waals surface area (Å²) in [6, 6.07) is 7.08. The zero-order chi connectivity index (χ0) is 19.6. The lowest BCUT2D eigenvalue weighted by Crippen LogP contribution is -2.39. The van der Waals surface area contributed by atoms with Crippen molar-refractivity contribution in [2.45, 2.75) is 39.0 Å². The van der Waals surface area contributed by atoms with E-state index in [0.29, 0.717) is 50.4 Å². The molecule has 0 atom stereocenters. The molecule has 1 fully saturated rings. The van der Waals surface area contributed by atoms with Gasteiger partial charge in [0.1, 0.15) is 5.75 Å². The maximum atomic E-state index is 12.3. The lowest BCUT2D eigenvalue weighted by molar-refractivity contribution is -0.138. The first-order valence-electron chi connectivity index (χ1n) is 9.50. The summed E-state index contributed by atoms with van der Waals surface area (Å²) in [4.78, 5) is 37.1. The van der Waals surface area contributed by atoms with Gasteiger partial charge in [-0.25, -0.2) is 0 Å². The normalized spacial score (nSPS) is 14.6. The van der Waals surface area contributed by atoms with Gasteiger partial charge >= 0.3 is 5.97 Å². The quantitative estimate of drug-likeness (QED) is 0.645. The van der Waals surface area contributed by atoms with E-state index in [1.54, 1.807) is 23.1 Å². The van der Waals surface area contributed by atoms with E-state index in [0.717, 1.165) is 12.8 Å². The van der Waals surface area contributed by atoms with Crippen LogP contribution in [-0.2, 0) is 9.59 Å². The van der Waals surface area contributed by atoms with Gasteiger partial charge in [-0.2, -0.15) is 0 Å². The van der Waals surface area contributed by atoms with Gasteiger partial charge in [-0.1, -0.05) is 12.1 Å². The lowest BCUT2D eigenvalue weighted by atomic mass is 9.93. The molecular formula is C20H28N2O5. The van der Waals surface area contributed by atoms with Gasteiger partial charge < -0.3 is 20.1 Å². The summed E-state index contributed by atoms with van der Waals surface area (Å²) >= 11 is 0. The third-order valence-electron chi connectivity index (χ3n) is 4.72. The van der Waals surface area contributed by atoms with Crippen molar-refractivity contribution in [1.29, 1.82) is 0 Å². The maximum absolute atomic E-state index is 12.3. The van der Waals surface area contributed by atoms with Crippen LogP contribution in [0.15, 0.2) is 24.3 Å². The molecule has 1 aliphatic rings. The van der Waals surface area contributed by atoms with E-state index in [1.807, 2.05) is 13.0 Å². The standard InChI is InChI=1S/C20H28N2O5/c1-2-27-17-7-4-3-6-16(17)20(26)21-11-5-8-18(23)22-12-9-15(10-13-22)14-19(24)25/h3-4,6-7,15H,2,5,8-14H2,1H3,(H,21,26)(H,24,25). The van der Waals surface area contributed by atoms with E-state index in [4.69, 9.17) is 9.84 Å². The Balaban J connectivity index is 1.69. The number of piperidine rings is 1. The minimum Gasteiger partial charge on any atom is -0.493 e. The fourth-order valence-corrected chi connectivity index (χ4v) is 3.26. The molecule has 0 radical (unpaired) electrons. The summed E-state index contributed by atoms with van der Waals surface area (Å²) < 4.78 is 5.46. The highest BCUT2D eigenvalue weighted by Crippen LogP contribution is 2.21. The summed E-state index contributed by atoms with van der Waals surface area (Å²) in [6.45, 7) is 4.00. The van der Waals surface area contributed by atoms with Crippen LogP contribution in [-0.4, -0.2) is 54.0 Å². The van der Waals surface area contributed by atoms with Crippen molar-refractivity contribution in [1.82, 2.24) is 10.2 Å². The van der Waals surface area contributed by atoms with E-state index >= 15 is 0 Å². The molecule has 0 aromatic heterocycles. The number of amides is 2. The molecule has 7 nitrogen and oxygen atoms in total. The maximum Gasteiger partial charge on any atom is 0.303 e. The lowest BCUT2D eigenvalue weighted by Gasteiger charge is -2.31. The molecule has 2 N–H and O–H groups in total. The van der Waals surface area contributed by atoms with E-state index < -0.39 is 5.97 Å². The number of ether oxygens (including phenoxy) is 1. The molecule has 0 aliphatic carbocycles. The average Bonchev–Trinajstić information content (AvgIpc) is 2.65. The predicted molar refractivity (Wildman–Crippen MR) is 101 cm³/mol. The van der Waals surface area contributed by atoms with Crippen LogP contribution in [0, 0.1) is 5.92 Å². The Morgan fingerprint density at radius 3 is 2.59 bits per heavy atom. The number of carboxylic acid groups (broad SMARTS) is 1. The zero-order valence-electron chi connectivity index (χ0n) is 15.8. The highest BCUT2D eigenvalue weighted by Gasteiger charge is 2.24. The van der Waals surface area contributed by atoms with Crippen LogP contribution in [0.25, 0.3) is 0 Å². The van der Waals surface area contributed by atoms with Crippen LogP contribution in [0.4, 0.5) is 0 Å². The fraction of sp³-hybridized carbons (Fsp3) is 0.550. The Morgan fingerprint density at radius 1 is 1.22 bits per heavy atom. The smallest absolute Gasteiger partial charge is 0.303 e. The average molecular weight is 376 g/mol. The molecule has 2 rings (SSSR count). The van der Waals surface area contributed by atoms with E-state index in [-0.39, 0.29) is 24.2 Å². The molecule has 1 aliphatic heterocycles. The molecule has 1 aromatic rings. The first-order chi connectivity index (χ1) is 13.0. The molecular weight excluding hydrogens is 348 g/mol. The first kappa shape index (κ1) is 20.7. The van der Waals surface area contributed by atoms with Gasteiger partial charge in [0.15, 0.2) is 0 Å². The van der Waals surface area contributed by atoms with Crippen molar-refractivity contribution >= 4 is 17.8 Å². The van der Waals surface area contributed by atoms with Crippen LogP contribution < -0.4 is 10.1 Å². The number of carboxylic acids is 1. The monoisotopic (exact) mass is 376 g/mol. The fourth-order valence-electron chi connectivity index (χ4n) is 3.26. The number of nitrogens with one attached hydrogen (secondary N) is 1. The number of para-hydroxylation sites is 1. The van der Waals surface area contributed by atoms with Crippen LogP contribution in [0.5, 0.6) is 5.75 Å². The zero-order valence-corrected chi connectivity index (χ0v) is 15.8. The Bertz CT molecular complexity index is 654. The highest BCUT2D eigenvalue weighted by molar-refractivity contribution is 5.96. The van der Waals surface area contributed by atoms with Gasteiger partial charge in [0.2, 0.25) is 5.91 Å². The molecule has 0 spiro atoms. The molecule has 0 bridgehead atoms. The van der Waals surface area contributed by atoms with Crippen molar-refractivity contribution < 1.29 is 24.2 Å². The molecule has 1 aromatic carbocycles. The Morgan fingerprint density at radius 2 is 1.93 bits per heavy atom. The van der Waals surface area contributed by atoms with Crippen LogP contribution in [0.1, 0.15) is 49.4 Å². The molecule has 1 saturated heterocycles. The molecule has 2 amide bonds. The Kier molecular flexibility index (Phi) is 8.10.